The zero-order valence-corrected chi connectivity index (χ0v) is 18.0. The minimum Gasteiger partial charge on any atom is -0.365 e. The number of nitrogens with two attached hydrogens (primary N) is 1. The topological polar surface area (TPSA) is 115 Å². The minimum absolute atomic E-state index is 0.270. The van der Waals surface area contributed by atoms with Gasteiger partial charge in [-0.15, -0.1) is 0 Å². The van der Waals surface area contributed by atoms with E-state index in [-0.39, 0.29) is 5.91 Å². The number of benzene rings is 2. The Bertz CT molecular complexity index is 1370. The van der Waals surface area contributed by atoms with Crippen LogP contribution in [0.4, 0.5) is 17.3 Å². The summed E-state index contributed by atoms with van der Waals surface area (Å²) in [5.41, 5.74) is 10.8. The Labute approximate surface area is 190 Å². The van der Waals surface area contributed by atoms with Gasteiger partial charge in [-0.2, -0.15) is 5.10 Å². The van der Waals surface area contributed by atoms with Crippen molar-refractivity contribution in [2.24, 2.45) is 5.73 Å². The van der Waals surface area contributed by atoms with Crippen LogP contribution in [-0.4, -0.2) is 26.6 Å². The highest BCUT2D eigenvalue weighted by Gasteiger charge is 2.26. The summed E-state index contributed by atoms with van der Waals surface area (Å²) in [6.07, 6.45) is 2.43. The summed E-state index contributed by atoms with van der Waals surface area (Å²) in [7, 11) is 0. The van der Waals surface area contributed by atoms with Crippen molar-refractivity contribution in [1.82, 2.24) is 14.8 Å². The summed E-state index contributed by atoms with van der Waals surface area (Å²) < 4.78 is 1.78. The van der Waals surface area contributed by atoms with Crippen LogP contribution in [0.2, 0.25) is 0 Å². The van der Waals surface area contributed by atoms with Crippen molar-refractivity contribution >= 4 is 29.1 Å². The maximum absolute atomic E-state index is 12.6. The van der Waals surface area contributed by atoms with E-state index in [4.69, 9.17) is 5.73 Å². The van der Waals surface area contributed by atoms with Crippen LogP contribution in [0.3, 0.4) is 0 Å². The minimum atomic E-state index is -0.564. The first-order valence-corrected chi connectivity index (χ1v) is 10.6. The van der Waals surface area contributed by atoms with Gasteiger partial charge in [0.25, 0.3) is 11.8 Å². The van der Waals surface area contributed by atoms with Crippen molar-refractivity contribution in [1.29, 1.82) is 0 Å². The van der Waals surface area contributed by atoms with E-state index < -0.39 is 5.91 Å². The largest absolute Gasteiger partial charge is 0.365 e. The third-order valence-corrected chi connectivity index (χ3v) is 5.64. The van der Waals surface area contributed by atoms with E-state index in [1.807, 2.05) is 31.2 Å². The lowest BCUT2D eigenvalue weighted by Gasteiger charge is -2.09. The molecule has 5 rings (SSSR count). The van der Waals surface area contributed by atoms with Gasteiger partial charge in [-0.3, -0.25) is 9.59 Å². The van der Waals surface area contributed by atoms with Crippen molar-refractivity contribution in [3.8, 4) is 11.3 Å². The van der Waals surface area contributed by atoms with E-state index in [0.29, 0.717) is 40.6 Å². The summed E-state index contributed by atoms with van der Waals surface area (Å²) in [4.78, 5) is 29.2. The zero-order chi connectivity index (χ0) is 22.9. The molecule has 0 atom stereocenters. The van der Waals surface area contributed by atoms with Crippen LogP contribution >= 0.6 is 0 Å². The molecule has 0 fully saturated rings. The molecule has 164 valence electrons. The maximum Gasteiger partial charge on any atom is 0.256 e. The molecule has 4 N–H and O–H groups in total. The Hall–Kier alpha value is -4.46. The molecule has 4 aromatic rings. The summed E-state index contributed by atoms with van der Waals surface area (Å²) in [5.74, 6) is 0.234. The SMILES string of the molecule is Cc1ccnc(NC(=O)c2ccc(-c3nn4c(c3C(N)=O)Nc3ccccc3CC4)cc2)c1. The third kappa shape index (κ3) is 3.94. The van der Waals surface area contributed by atoms with Crippen LogP contribution < -0.4 is 16.4 Å². The highest BCUT2D eigenvalue weighted by Crippen LogP contribution is 2.34. The zero-order valence-electron chi connectivity index (χ0n) is 18.0. The van der Waals surface area contributed by atoms with Crippen LogP contribution in [0.15, 0.2) is 66.9 Å². The van der Waals surface area contributed by atoms with E-state index in [1.54, 1.807) is 41.2 Å². The fourth-order valence-electron chi connectivity index (χ4n) is 3.97. The van der Waals surface area contributed by atoms with E-state index >= 15 is 0 Å². The fourth-order valence-corrected chi connectivity index (χ4v) is 3.97. The monoisotopic (exact) mass is 438 g/mol. The average molecular weight is 438 g/mol. The number of anilines is 3. The molecular formula is C25H22N6O2. The van der Waals surface area contributed by atoms with Gasteiger partial charge in [-0.1, -0.05) is 30.3 Å². The van der Waals surface area contributed by atoms with Gasteiger partial charge >= 0.3 is 0 Å². The van der Waals surface area contributed by atoms with E-state index in [1.165, 1.54) is 0 Å². The molecule has 2 amide bonds. The number of carbonyl (C=O) groups is 2. The molecule has 1 aliphatic heterocycles. The molecule has 2 aromatic carbocycles. The fraction of sp³-hybridized carbons (Fsp3) is 0.120. The van der Waals surface area contributed by atoms with Gasteiger partial charge in [0.05, 0.1) is 0 Å². The second-order valence-corrected chi connectivity index (χ2v) is 7.94. The summed E-state index contributed by atoms with van der Waals surface area (Å²) >= 11 is 0. The molecule has 2 aromatic heterocycles. The molecular weight excluding hydrogens is 416 g/mol. The summed E-state index contributed by atoms with van der Waals surface area (Å²) in [5, 5.41) is 10.8. The Morgan fingerprint density at radius 1 is 1.09 bits per heavy atom. The van der Waals surface area contributed by atoms with Crippen LogP contribution in [0.5, 0.6) is 0 Å². The predicted octanol–water partition coefficient (Wildman–Crippen LogP) is 3.90. The van der Waals surface area contributed by atoms with Gasteiger partial charge in [0.15, 0.2) is 0 Å². The molecule has 3 heterocycles. The van der Waals surface area contributed by atoms with Crippen molar-refractivity contribution in [2.45, 2.75) is 19.9 Å². The number of aromatic nitrogens is 3. The van der Waals surface area contributed by atoms with Crippen LogP contribution in [-0.2, 0) is 13.0 Å². The molecule has 1 aliphatic rings. The number of primary amides is 1. The Balaban J connectivity index is 1.45. The standard InChI is InChI=1S/C25H22N6O2/c1-15-10-12-27-20(14-15)29-25(33)18-8-6-17(7-9-18)22-21(23(26)32)24-28-19-5-3-2-4-16(19)11-13-31(24)30-22/h2-10,12,14,28H,11,13H2,1H3,(H2,26,32)(H,27,29,33). The number of hydrogen-bond acceptors (Lipinski definition) is 5. The van der Waals surface area contributed by atoms with Crippen LogP contribution in [0, 0.1) is 6.92 Å². The van der Waals surface area contributed by atoms with Crippen LogP contribution in [0.25, 0.3) is 11.3 Å². The second-order valence-electron chi connectivity index (χ2n) is 7.94. The molecule has 0 unspecified atom stereocenters. The van der Waals surface area contributed by atoms with Crippen molar-refractivity contribution in [3.05, 3.63) is 89.1 Å². The summed E-state index contributed by atoms with van der Waals surface area (Å²) in [6, 6.07) is 18.5. The van der Waals surface area contributed by atoms with E-state index in [9.17, 15) is 9.59 Å². The molecule has 0 spiro atoms. The lowest BCUT2D eigenvalue weighted by Crippen LogP contribution is -2.14. The first kappa shape index (κ1) is 20.4. The number of carbonyl (C=O) groups excluding carboxylic acids is 2. The lowest BCUT2D eigenvalue weighted by atomic mass is 10.0. The van der Waals surface area contributed by atoms with E-state index in [0.717, 1.165) is 23.2 Å². The van der Waals surface area contributed by atoms with Gasteiger partial charge in [-0.05, 0) is 54.8 Å². The van der Waals surface area contributed by atoms with Crippen molar-refractivity contribution in [2.75, 3.05) is 10.6 Å². The molecule has 0 aliphatic carbocycles. The normalized spacial score (nSPS) is 12.2. The van der Waals surface area contributed by atoms with Gasteiger partial charge in [0.2, 0.25) is 0 Å². The number of nitrogens with zero attached hydrogens (tertiary/aromatic N) is 3. The van der Waals surface area contributed by atoms with Crippen LogP contribution in [0.1, 0.15) is 31.8 Å². The Kier molecular flexibility index (Phi) is 5.10. The first-order chi connectivity index (χ1) is 16.0. The molecule has 8 nitrogen and oxygen atoms in total. The van der Waals surface area contributed by atoms with Gasteiger partial charge in [-0.25, -0.2) is 9.67 Å². The highest BCUT2D eigenvalue weighted by atomic mass is 16.2. The maximum atomic E-state index is 12.6. The number of aryl methyl sites for hydroxylation is 3. The lowest BCUT2D eigenvalue weighted by molar-refractivity contribution is 0.0998. The second kappa shape index (κ2) is 8.23. The predicted molar refractivity (Wildman–Crippen MR) is 127 cm³/mol. The van der Waals surface area contributed by atoms with Gasteiger partial charge < -0.3 is 16.4 Å². The molecule has 0 saturated carbocycles. The number of fused-ring (bicyclic) bond motifs is 2. The molecule has 0 saturated heterocycles. The molecule has 0 radical (unpaired) electrons. The number of amides is 2. The number of para-hydroxylation sites is 1. The summed E-state index contributed by atoms with van der Waals surface area (Å²) in [6.45, 7) is 2.55. The smallest absolute Gasteiger partial charge is 0.256 e. The first-order valence-electron chi connectivity index (χ1n) is 10.6. The molecule has 8 heteroatoms. The Morgan fingerprint density at radius 3 is 2.64 bits per heavy atom. The highest BCUT2D eigenvalue weighted by molar-refractivity contribution is 6.06. The van der Waals surface area contributed by atoms with Crippen molar-refractivity contribution in [3.63, 3.8) is 0 Å². The quantitative estimate of drug-likeness (QED) is 0.447. The molecule has 0 bridgehead atoms. The number of pyridine rings is 1. The average Bonchev–Trinajstić information content (AvgIpc) is 3.07. The number of hydrogen-bond donors (Lipinski definition) is 3. The number of nitrogens with one attached hydrogen (secondary N) is 2. The third-order valence-electron chi connectivity index (χ3n) is 5.64. The number of rotatable bonds is 4. The van der Waals surface area contributed by atoms with Crippen molar-refractivity contribution < 1.29 is 9.59 Å². The molecule has 33 heavy (non-hydrogen) atoms. The Morgan fingerprint density at radius 2 is 1.88 bits per heavy atom. The van der Waals surface area contributed by atoms with Gasteiger partial charge in [0, 0.05) is 29.6 Å². The van der Waals surface area contributed by atoms with Gasteiger partial charge in [0.1, 0.15) is 22.9 Å². The van der Waals surface area contributed by atoms with E-state index in [2.05, 4.69) is 26.8 Å².